The highest BCUT2D eigenvalue weighted by molar-refractivity contribution is 8.00. The fourth-order valence-electron chi connectivity index (χ4n) is 2.70. The van der Waals surface area contributed by atoms with Gasteiger partial charge in [-0.3, -0.25) is 9.18 Å². The first-order valence-electron chi connectivity index (χ1n) is 8.47. The van der Waals surface area contributed by atoms with Gasteiger partial charge in [0.15, 0.2) is 0 Å². The van der Waals surface area contributed by atoms with E-state index in [1.165, 1.54) is 22.8 Å². The van der Waals surface area contributed by atoms with E-state index < -0.39 is 0 Å². The Morgan fingerprint density at radius 3 is 2.78 bits per heavy atom. The van der Waals surface area contributed by atoms with Crippen molar-refractivity contribution < 1.29 is 4.39 Å². The molecule has 1 heterocycles. The molecular weight excluding hydrogens is 387 g/mol. The first kappa shape index (κ1) is 19.5. The molecule has 0 bridgehead atoms. The molecule has 0 fully saturated rings. The van der Waals surface area contributed by atoms with Crippen LogP contribution >= 0.6 is 23.5 Å². The molecule has 0 saturated carbocycles. The smallest absolute Gasteiger partial charge is 0.261 e. The molecule has 27 heavy (non-hydrogen) atoms. The number of fused-ring (bicyclic) bond motifs is 1. The van der Waals surface area contributed by atoms with Crippen molar-refractivity contribution in [1.82, 2.24) is 9.55 Å². The standard InChI is InChI=1S/C19H20ClFN4OS/c1-12-13(7-8-14-17(12)19(26)25(2)11-22-14)23-15-5-3-6-16(18(15)20)24-27-10-4-9-21/h3,5-8,11,23-24H,4,9-10H2,1-2H3. The van der Waals surface area contributed by atoms with Crippen molar-refractivity contribution in [3.63, 3.8) is 0 Å². The highest BCUT2D eigenvalue weighted by atomic mass is 35.5. The van der Waals surface area contributed by atoms with E-state index in [0.717, 1.165) is 22.6 Å². The maximum Gasteiger partial charge on any atom is 0.261 e. The second kappa shape index (κ2) is 8.63. The van der Waals surface area contributed by atoms with E-state index in [-0.39, 0.29) is 12.2 Å². The van der Waals surface area contributed by atoms with E-state index in [1.54, 1.807) is 7.05 Å². The van der Waals surface area contributed by atoms with Crippen LogP contribution in [0.2, 0.25) is 5.02 Å². The van der Waals surface area contributed by atoms with Gasteiger partial charge in [-0.2, -0.15) is 0 Å². The Bertz CT molecular complexity index is 1020. The second-order valence-corrected chi connectivity index (χ2v) is 7.36. The van der Waals surface area contributed by atoms with Crippen molar-refractivity contribution in [2.45, 2.75) is 13.3 Å². The molecule has 2 aromatic carbocycles. The zero-order valence-corrected chi connectivity index (χ0v) is 16.6. The maximum absolute atomic E-state index is 12.5. The number of halogens is 2. The summed E-state index contributed by atoms with van der Waals surface area (Å²) in [7, 11) is 1.68. The van der Waals surface area contributed by atoms with Gasteiger partial charge in [0.1, 0.15) is 0 Å². The average molecular weight is 407 g/mol. The zero-order valence-electron chi connectivity index (χ0n) is 15.1. The summed E-state index contributed by atoms with van der Waals surface area (Å²) in [5.41, 5.74) is 3.64. The number of hydrogen-bond donors (Lipinski definition) is 2. The lowest BCUT2D eigenvalue weighted by Crippen LogP contribution is -2.18. The van der Waals surface area contributed by atoms with Gasteiger partial charge < -0.3 is 14.6 Å². The minimum absolute atomic E-state index is 0.0908. The fraction of sp³-hybridized carbons (Fsp3) is 0.263. The Morgan fingerprint density at radius 2 is 2.00 bits per heavy atom. The van der Waals surface area contributed by atoms with Crippen LogP contribution in [0.3, 0.4) is 0 Å². The van der Waals surface area contributed by atoms with E-state index in [9.17, 15) is 9.18 Å². The molecule has 8 heteroatoms. The third-order valence-electron chi connectivity index (χ3n) is 4.18. The van der Waals surface area contributed by atoms with E-state index >= 15 is 0 Å². The number of hydrogen-bond acceptors (Lipinski definition) is 5. The summed E-state index contributed by atoms with van der Waals surface area (Å²) < 4.78 is 16.8. The van der Waals surface area contributed by atoms with Crippen molar-refractivity contribution in [3.05, 3.63) is 57.6 Å². The van der Waals surface area contributed by atoms with E-state index in [2.05, 4.69) is 15.0 Å². The molecule has 0 saturated heterocycles. The SMILES string of the molecule is Cc1c(Nc2cccc(NSCCCF)c2Cl)ccc2ncn(C)c(=O)c12. The van der Waals surface area contributed by atoms with Crippen LogP contribution in [0.15, 0.2) is 41.5 Å². The van der Waals surface area contributed by atoms with Gasteiger partial charge in [-0.25, -0.2) is 4.98 Å². The number of aryl methyl sites for hydroxylation is 2. The number of nitrogens with zero attached hydrogens (tertiary/aromatic N) is 2. The number of benzene rings is 2. The number of nitrogens with one attached hydrogen (secondary N) is 2. The predicted octanol–water partition coefficient (Wildman–Crippen LogP) is 5.06. The third kappa shape index (κ3) is 4.20. The number of anilines is 3. The van der Waals surface area contributed by atoms with Crippen molar-refractivity contribution in [2.75, 3.05) is 22.5 Å². The van der Waals surface area contributed by atoms with Gasteiger partial charge in [-0.05, 0) is 43.2 Å². The summed E-state index contributed by atoms with van der Waals surface area (Å²) in [6.07, 6.45) is 2.01. The molecular formula is C19H20ClFN4OS. The van der Waals surface area contributed by atoms with E-state index in [1.807, 2.05) is 37.3 Å². The number of alkyl halides is 1. The fourth-order valence-corrected chi connectivity index (χ4v) is 3.65. The topological polar surface area (TPSA) is 59.0 Å². The first-order chi connectivity index (χ1) is 13.0. The van der Waals surface area contributed by atoms with Crippen molar-refractivity contribution >= 4 is 51.5 Å². The van der Waals surface area contributed by atoms with Crippen LogP contribution in [-0.4, -0.2) is 22.0 Å². The Balaban J connectivity index is 1.90. The van der Waals surface area contributed by atoms with Crippen LogP contribution in [0.5, 0.6) is 0 Å². The summed E-state index contributed by atoms with van der Waals surface area (Å²) in [5.74, 6) is 0.657. The molecule has 0 atom stereocenters. The first-order valence-corrected chi connectivity index (χ1v) is 9.83. The van der Waals surface area contributed by atoms with E-state index in [4.69, 9.17) is 11.6 Å². The van der Waals surface area contributed by atoms with Gasteiger partial charge in [-0.1, -0.05) is 29.6 Å². The molecule has 3 rings (SSSR count). The summed E-state index contributed by atoms with van der Waals surface area (Å²) in [5, 5.41) is 4.42. The van der Waals surface area contributed by atoms with Crippen LogP contribution in [-0.2, 0) is 7.05 Å². The molecule has 0 amide bonds. The zero-order chi connectivity index (χ0) is 19.4. The quantitative estimate of drug-likeness (QED) is 0.424. The molecule has 1 aromatic heterocycles. The molecule has 142 valence electrons. The Kier molecular flexibility index (Phi) is 6.23. The van der Waals surface area contributed by atoms with Gasteiger partial charge in [0.05, 0.1) is 40.3 Å². The normalized spacial score (nSPS) is 11.0. The number of rotatable bonds is 7. The Labute approximate surface area is 166 Å². The van der Waals surface area contributed by atoms with Gasteiger partial charge >= 0.3 is 0 Å². The maximum atomic E-state index is 12.5. The molecule has 0 unspecified atom stereocenters. The van der Waals surface area contributed by atoms with Crippen LogP contribution < -0.4 is 15.6 Å². The lowest BCUT2D eigenvalue weighted by Gasteiger charge is -2.15. The van der Waals surface area contributed by atoms with Crippen LogP contribution in [0.4, 0.5) is 21.5 Å². The molecule has 2 N–H and O–H groups in total. The van der Waals surface area contributed by atoms with Crippen LogP contribution in [0, 0.1) is 6.92 Å². The molecule has 0 aliphatic carbocycles. The molecule has 5 nitrogen and oxygen atoms in total. The third-order valence-corrected chi connectivity index (χ3v) is 5.44. The highest BCUT2D eigenvalue weighted by Gasteiger charge is 2.12. The summed E-state index contributed by atoms with van der Waals surface area (Å²) >= 11 is 7.92. The van der Waals surface area contributed by atoms with Gasteiger partial charge in [-0.15, -0.1) is 0 Å². The average Bonchev–Trinajstić information content (AvgIpc) is 2.66. The van der Waals surface area contributed by atoms with Crippen molar-refractivity contribution in [3.8, 4) is 0 Å². The number of aromatic nitrogens is 2. The largest absolute Gasteiger partial charge is 0.354 e. The second-order valence-electron chi connectivity index (χ2n) is 6.08. The molecule has 0 radical (unpaired) electrons. The molecule has 0 aliphatic heterocycles. The summed E-state index contributed by atoms with van der Waals surface area (Å²) in [6.45, 7) is 1.55. The monoisotopic (exact) mass is 406 g/mol. The van der Waals surface area contributed by atoms with Gasteiger partial charge in [0, 0.05) is 18.5 Å². The Morgan fingerprint density at radius 1 is 1.22 bits per heavy atom. The molecule has 0 spiro atoms. The predicted molar refractivity (Wildman–Crippen MR) is 113 cm³/mol. The van der Waals surface area contributed by atoms with Crippen LogP contribution in [0.1, 0.15) is 12.0 Å². The summed E-state index contributed by atoms with van der Waals surface area (Å²) in [4.78, 5) is 16.8. The molecule has 0 aliphatic rings. The van der Waals surface area contributed by atoms with E-state index in [0.29, 0.717) is 28.1 Å². The lowest BCUT2D eigenvalue weighted by molar-refractivity contribution is 0.489. The minimum Gasteiger partial charge on any atom is -0.354 e. The highest BCUT2D eigenvalue weighted by Crippen LogP contribution is 2.35. The minimum atomic E-state index is -0.334. The lowest BCUT2D eigenvalue weighted by atomic mass is 10.1. The van der Waals surface area contributed by atoms with Crippen molar-refractivity contribution in [1.29, 1.82) is 0 Å². The van der Waals surface area contributed by atoms with Gasteiger partial charge in [0.25, 0.3) is 5.56 Å². The molecule has 3 aromatic rings. The Hall–Kier alpha value is -2.25. The summed E-state index contributed by atoms with van der Waals surface area (Å²) in [6, 6.07) is 9.31. The van der Waals surface area contributed by atoms with Crippen LogP contribution in [0.25, 0.3) is 10.9 Å². The van der Waals surface area contributed by atoms with Gasteiger partial charge in [0.2, 0.25) is 0 Å². The van der Waals surface area contributed by atoms with Crippen molar-refractivity contribution in [2.24, 2.45) is 7.05 Å².